The molecule has 1 aromatic heterocycles. The van der Waals surface area contributed by atoms with Gasteiger partial charge in [-0.15, -0.1) is 0 Å². The molecule has 0 unspecified atom stereocenters. The highest BCUT2D eigenvalue weighted by atomic mass is 19.1. The van der Waals surface area contributed by atoms with Crippen LogP contribution in [0.5, 0.6) is 0 Å². The molecule has 0 aliphatic heterocycles. The maximum absolute atomic E-state index is 12.8. The van der Waals surface area contributed by atoms with Gasteiger partial charge in [0.15, 0.2) is 0 Å². The van der Waals surface area contributed by atoms with Crippen LogP contribution in [-0.2, 0) is 11.3 Å². The molecule has 0 atom stereocenters. The first kappa shape index (κ1) is 12.6. The first-order valence-corrected chi connectivity index (χ1v) is 5.02. The minimum absolute atomic E-state index is 0.364. The minimum Gasteiger partial charge on any atom is -0.369 e. The van der Waals surface area contributed by atoms with Crippen LogP contribution in [0.1, 0.15) is 19.4 Å². The Morgan fingerprint density at radius 3 is 2.81 bits per heavy atom. The Hall–Kier alpha value is -1.49. The zero-order valence-electron chi connectivity index (χ0n) is 9.46. The van der Waals surface area contributed by atoms with Gasteiger partial charge >= 0.3 is 0 Å². The molecule has 0 saturated carbocycles. The lowest BCUT2D eigenvalue weighted by Crippen LogP contribution is -2.40. The van der Waals surface area contributed by atoms with E-state index in [1.165, 1.54) is 6.07 Å². The Morgan fingerprint density at radius 2 is 2.25 bits per heavy atom. The fraction of sp³-hybridized carbons (Fsp3) is 0.455. The van der Waals surface area contributed by atoms with Crippen LogP contribution in [0, 0.1) is 11.2 Å². The summed E-state index contributed by atoms with van der Waals surface area (Å²) >= 11 is 0. The van der Waals surface area contributed by atoms with E-state index in [0.29, 0.717) is 13.1 Å². The van der Waals surface area contributed by atoms with Crippen LogP contribution in [0.15, 0.2) is 18.5 Å². The third kappa shape index (κ3) is 3.58. The van der Waals surface area contributed by atoms with E-state index in [0.717, 1.165) is 11.8 Å². The van der Waals surface area contributed by atoms with Gasteiger partial charge in [0, 0.05) is 19.3 Å². The Kier molecular flexibility index (Phi) is 3.95. The summed E-state index contributed by atoms with van der Waals surface area (Å²) in [7, 11) is 0. The number of nitrogens with one attached hydrogen (secondary N) is 1. The summed E-state index contributed by atoms with van der Waals surface area (Å²) in [5.74, 6) is -0.731. The van der Waals surface area contributed by atoms with Gasteiger partial charge in [-0.3, -0.25) is 9.78 Å². The summed E-state index contributed by atoms with van der Waals surface area (Å²) in [5, 5.41) is 3.04. The lowest BCUT2D eigenvalue weighted by Gasteiger charge is -2.20. The van der Waals surface area contributed by atoms with Crippen molar-refractivity contribution in [2.45, 2.75) is 20.4 Å². The summed E-state index contributed by atoms with van der Waals surface area (Å²) in [6, 6.07) is 1.40. The van der Waals surface area contributed by atoms with Crippen LogP contribution < -0.4 is 11.1 Å². The van der Waals surface area contributed by atoms with Crippen molar-refractivity contribution in [2.24, 2.45) is 11.1 Å². The number of pyridine rings is 1. The first-order valence-electron chi connectivity index (χ1n) is 5.02. The Morgan fingerprint density at radius 1 is 1.56 bits per heavy atom. The summed E-state index contributed by atoms with van der Waals surface area (Å²) in [6.07, 6.45) is 2.73. The van der Waals surface area contributed by atoms with E-state index < -0.39 is 5.41 Å². The van der Waals surface area contributed by atoms with Gasteiger partial charge in [0.05, 0.1) is 11.6 Å². The SMILES string of the molecule is CC(C)(CNCc1cncc(F)c1)C(N)=O. The van der Waals surface area contributed by atoms with E-state index in [9.17, 15) is 9.18 Å². The zero-order chi connectivity index (χ0) is 12.2. The lowest BCUT2D eigenvalue weighted by molar-refractivity contribution is -0.125. The molecule has 0 aliphatic rings. The second-order valence-corrected chi connectivity index (χ2v) is 4.36. The minimum atomic E-state index is -0.610. The number of nitrogens with two attached hydrogens (primary N) is 1. The maximum Gasteiger partial charge on any atom is 0.224 e. The molecule has 16 heavy (non-hydrogen) atoms. The van der Waals surface area contributed by atoms with Crippen molar-refractivity contribution in [1.82, 2.24) is 10.3 Å². The van der Waals surface area contributed by atoms with E-state index in [1.807, 2.05) is 0 Å². The molecule has 1 heterocycles. The molecule has 1 aromatic rings. The molecule has 3 N–H and O–H groups in total. The number of amides is 1. The molecule has 0 radical (unpaired) electrons. The lowest BCUT2D eigenvalue weighted by atomic mass is 9.93. The third-order valence-corrected chi connectivity index (χ3v) is 2.32. The Bertz CT molecular complexity index is 379. The number of aromatic nitrogens is 1. The number of nitrogens with zero attached hydrogens (tertiary/aromatic N) is 1. The van der Waals surface area contributed by atoms with Gasteiger partial charge < -0.3 is 11.1 Å². The third-order valence-electron chi connectivity index (χ3n) is 2.32. The molecular formula is C11H16FN3O. The first-order chi connectivity index (χ1) is 7.42. The van der Waals surface area contributed by atoms with Crippen molar-refractivity contribution in [1.29, 1.82) is 0 Å². The molecule has 0 spiro atoms. The molecule has 0 bridgehead atoms. The topological polar surface area (TPSA) is 68.0 Å². The van der Waals surface area contributed by atoms with Gasteiger partial charge in [0.1, 0.15) is 5.82 Å². The summed E-state index contributed by atoms with van der Waals surface area (Å²) in [6.45, 7) is 4.42. The fourth-order valence-electron chi connectivity index (χ4n) is 1.16. The van der Waals surface area contributed by atoms with Crippen molar-refractivity contribution in [3.63, 3.8) is 0 Å². The van der Waals surface area contributed by atoms with Crippen molar-refractivity contribution in [3.05, 3.63) is 29.8 Å². The normalized spacial score (nSPS) is 11.4. The van der Waals surface area contributed by atoms with Gasteiger partial charge in [-0.2, -0.15) is 0 Å². The van der Waals surface area contributed by atoms with Gasteiger partial charge in [0.2, 0.25) is 5.91 Å². The fourth-order valence-corrected chi connectivity index (χ4v) is 1.16. The molecule has 0 saturated heterocycles. The highest BCUT2D eigenvalue weighted by Crippen LogP contribution is 2.12. The summed E-state index contributed by atoms with van der Waals surface area (Å²) in [5.41, 5.74) is 5.35. The standard InChI is InChI=1S/C11H16FN3O/c1-11(2,10(13)16)7-15-5-8-3-9(12)6-14-4-8/h3-4,6,15H,5,7H2,1-2H3,(H2,13,16). The number of carbonyl (C=O) groups excluding carboxylic acids is 1. The van der Waals surface area contributed by atoms with Crippen molar-refractivity contribution in [2.75, 3.05) is 6.54 Å². The molecular weight excluding hydrogens is 209 g/mol. The quantitative estimate of drug-likeness (QED) is 0.779. The average Bonchev–Trinajstić information content (AvgIpc) is 2.17. The molecule has 1 amide bonds. The van der Waals surface area contributed by atoms with E-state index in [4.69, 9.17) is 5.73 Å². The Balaban J connectivity index is 2.45. The van der Waals surface area contributed by atoms with Gasteiger partial charge in [-0.1, -0.05) is 0 Å². The van der Waals surface area contributed by atoms with Gasteiger partial charge in [-0.05, 0) is 25.5 Å². The van der Waals surface area contributed by atoms with Crippen LogP contribution in [0.4, 0.5) is 4.39 Å². The smallest absolute Gasteiger partial charge is 0.224 e. The number of rotatable bonds is 5. The highest BCUT2D eigenvalue weighted by Gasteiger charge is 2.23. The largest absolute Gasteiger partial charge is 0.369 e. The van der Waals surface area contributed by atoms with E-state index in [-0.39, 0.29) is 11.7 Å². The van der Waals surface area contributed by atoms with Crippen LogP contribution in [0.25, 0.3) is 0 Å². The number of hydrogen-bond donors (Lipinski definition) is 2. The second-order valence-electron chi connectivity index (χ2n) is 4.36. The van der Waals surface area contributed by atoms with Crippen LogP contribution in [0.2, 0.25) is 0 Å². The predicted molar refractivity (Wildman–Crippen MR) is 58.9 cm³/mol. The molecule has 88 valence electrons. The molecule has 0 aliphatic carbocycles. The number of halogens is 1. The zero-order valence-corrected chi connectivity index (χ0v) is 9.46. The van der Waals surface area contributed by atoms with Crippen LogP contribution in [-0.4, -0.2) is 17.4 Å². The molecule has 0 fully saturated rings. The summed E-state index contributed by atoms with van der Waals surface area (Å²) in [4.78, 5) is 14.8. The van der Waals surface area contributed by atoms with Gasteiger partial charge in [0.25, 0.3) is 0 Å². The van der Waals surface area contributed by atoms with Crippen molar-refractivity contribution < 1.29 is 9.18 Å². The monoisotopic (exact) mass is 225 g/mol. The second kappa shape index (κ2) is 5.03. The number of hydrogen-bond acceptors (Lipinski definition) is 3. The van der Waals surface area contributed by atoms with E-state index in [2.05, 4.69) is 10.3 Å². The molecule has 0 aromatic carbocycles. The van der Waals surface area contributed by atoms with Crippen molar-refractivity contribution in [3.8, 4) is 0 Å². The number of primary amides is 1. The Labute approximate surface area is 94.1 Å². The van der Waals surface area contributed by atoms with Crippen LogP contribution in [0.3, 0.4) is 0 Å². The molecule has 4 nitrogen and oxygen atoms in total. The maximum atomic E-state index is 12.8. The highest BCUT2D eigenvalue weighted by molar-refractivity contribution is 5.80. The molecule has 1 rings (SSSR count). The predicted octanol–water partition coefficient (Wildman–Crippen LogP) is 0.822. The van der Waals surface area contributed by atoms with Crippen LogP contribution >= 0.6 is 0 Å². The summed E-state index contributed by atoms with van der Waals surface area (Å²) < 4.78 is 12.8. The number of carbonyl (C=O) groups is 1. The van der Waals surface area contributed by atoms with Gasteiger partial charge in [-0.25, -0.2) is 4.39 Å². The van der Waals surface area contributed by atoms with E-state index in [1.54, 1.807) is 20.0 Å². The van der Waals surface area contributed by atoms with Crippen molar-refractivity contribution >= 4 is 5.91 Å². The molecule has 5 heteroatoms. The average molecular weight is 225 g/mol. The van der Waals surface area contributed by atoms with E-state index >= 15 is 0 Å².